The quantitative estimate of drug-likeness (QED) is 0.311. The molecule has 0 aliphatic carbocycles. The minimum atomic E-state index is -0.497. The van der Waals surface area contributed by atoms with Crippen molar-refractivity contribution in [1.82, 2.24) is 10.6 Å². The zero-order valence-corrected chi connectivity index (χ0v) is 16.3. The summed E-state index contributed by atoms with van der Waals surface area (Å²) in [5.74, 6) is -0.755. The van der Waals surface area contributed by atoms with Gasteiger partial charge in [-0.15, -0.1) is 0 Å². The topological polar surface area (TPSA) is 114 Å². The average Bonchev–Trinajstić information content (AvgIpc) is 2.52. The van der Waals surface area contributed by atoms with Crippen LogP contribution in [-0.2, 0) is 4.74 Å². The molecule has 5 N–H and O–H groups in total. The summed E-state index contributed by atoms with van der Waals surface area (Å²) in [6.07, 6.45) is 3.00. The second-order valence-corrected chi connectivity index (χ2v) is 7.37. The molecule has 0 atom stereocenters. The van der Waals surface area contributed by atoms with Gasteiger partial charge in [0.2, 0.25) is 0 Å². The summed E-state index contributed by atoms with van der Waals surface area (Å²) in [5, 5.41) is 15.4. The van der Waals surface area contributed by atoms with E-state index in [1.165, 1.54) is 12.1 Å². The van der Waals surface area contributed by atoms with Gasteiger partial charge in [-0.05, 0) is 45.7 Å². The number of alkyl carbamates (subject to hydrolysis) is 1. The normalized spacial score (nSPS) is 11.1. The highest BCUT2D eigenvalue weighted by Gasteiger charge is 2.17. The van der Waals surface area contributed by atoms with Gasteiger partial charge in [0.25, 0.3) is 5.91 Å². The first-order valence-corrected chi connectivity index (χ1v) is 9.01. The molecule has 0 aliphatic rings. The average molecular weight is 386 g/mol. The highest BCUT2D eigenvalue weighted by molar-refractivity contribution is 6.34. The fourth-order valence-corrected chi connectivity index (χ4v) is 2.44. The van der Waals surface area contributed by atoms with Crippen LogP contribution in [0.3, 0.4) is 0 Å². The molecule has 146 valence electrons. The summed E-state index contributed by atoms with van der Waals surface area (Å²) >= 11 is 5.94. The number of nitrogens with one attached hydrogen (secondary N) is 2. The summed E-state index contributed by atoms with van der Waals surface area (Å²) in [5.41, 5.74) is 5.18. The Labute approximate surface area is 159 Å². The molecule has 0 unspecified atom stereocenters. The summed E-state index contributed by atoms with van der Waals surface area (Å²) in [6, 6.07) is 2.92. The van der Waals surface area contributed by atoms with E-state index in [1.54, 1.807) is 0 Å². The van der Waals surface area contributed by atoms with Crippen LogP contribution in [0.25, 0.3) is 0 Å². The molecule has 1 aromatic carbocycles. The Hall–Kier alpha value is -2.15. The number of nitrogen functional groups attached to an aromatic ring is 1. The molecule has 0 bridgehead atoms. The summed E-state index contributed by atoms with van der Waals surface area (Å²) in [4.78, 5) is 23.6. The first-order chi connectivity index (χ1) is 12.1. The highest BCUT2D eigenvalue weighted by atomic mass is 35.5. The van der Waals surface area contributed by atoms with Crippen molar-refractivity contribution in [1.29, 1.82) is 0 Å². The summed E-state index contributed by atoms with van der Waals surface area (Å²) in [7, 11) is 0. The van der Waals surface area contributed by atoms with Crippen molar-refractivity contribution >= 4 is 29.3 Å². The number of phenols is 1. The Morgan fingerprint density at radius 2 is 1.69 bits per heavy atom. The molecule has 7 nitrogen and oxygen atoms in total. The molecule has 26 heavy (non-hydrogen) atoms. The number of anilines is 1. The third-order valence-corrected chi connectivity index (χ3v) is 3.76. The fourth-order valence-electron chi connectivity index (χ4n) is 2.20. The number of halogens is 1. The standard InChI is InChI=1S/C18H28ClN3O4/c1-18(2,3)26-17(25)22-11-7-5-4-6-10-21-16(24)14-12(19)8-9-13(20)15(14)23/h8-9,23H,4-7,10-11,20H2,1-3H3,(H,21,24)(H,22,25). The monoisotopic (exact) mass is 385 g/mol. The van der Waals surface area contributed by atoms with E-state index in [-0.39, 0.29) is 22.0 Å². The number of aromatic hydroxyl groups is 1. The van der Waals surface area contributed by atoms with Crippen molar-refractivity contribution in [2.45, 2.75) is 52.1 Å². The van der Waals surface area contributed by atoms with Crippen LogP contribution in [0.2, 0.25) is 5.02 Å². The van der Waals surface area contributed by atoms with Gasteiger partial charge >= 0.3 is 6.09 Å². The number of nitrogens with two attached hydrogens (primary N) is 1. The Balaban J connectivity index is 2.17. The van der Waals surface area contributed by atoms with E-state index in [0.29, 0.717) is 13.1 Å². The van der Waals surface area contributed by atoms with Crippen molar-refractivity contribution in [3.05, 3.63) is 22.7 Å². The van der Waals surface area contributed by atoms with Crippen LogP contribution in [0.1, 0.15) is 56.8 Å². The van der Waals surface area contributed by atoms with E-state index < -0.39 is 17.6 Å². The van der Waals surface area contributed by atoms with Gasteiger partial charge in [-0.25, -0.2) is 4.79 Å². The van der Waals surface area contributed by atoms with Crippen molar-refractivity contribution < 1.29 is 19.4 Å². The van der Waals surface area contributed by atoms with Gasteiger partial charge < -0.3 is 26.2 Å². The Morgan fingerprint density at radius 1 is 1.12 bits per heavy atom. The minimum absolute atomic E-state index is 0.00627. The Kier molecular flexibility index (Phi) is 8.51. The Bertz CT molecular complexity index is 630. The highest BCUT2D eigenvalue weighted by Crippen LogP contribution is 2.30. The second kappa shape index (κ2) is 10.1. The lowest BCUT2D eigenvalue weighted by Gasteiger charge is -2.19. The molecule has 1 rings (SSSR count). The predicted molar refractivity (Wildman–Crippen MR) is 103 cm³/mol. The lowest BCUT2D eigenvalue weighted by molar-refractivity contribution is 0.0526. The van der Waals surface area contributed by atoms with Gasteiger partial charge in [-0.1, -0.05) is 24.4 Å². The zero-order chi connectivity index (χ0) is 19.7. The third kappa shape index (κ3) is 7.82. The maximum atomic E-state index is 12.1. The number of ether oxygens (including phenoxy) is 1. The van der Waals surface area contributed by atoms with E-state index >= 15 is 0 Å². The minimum Gasteiger partial charge on any atom is -0.505 e. The third-order valence-electron chi connectivity index (χ3n) is 3.44. The zero-order valence-electron chi connectivity index (χ0n) is 15.5. The fraction of sp³-hybridized carbons (Fsp3) is 0.556. The molecule has 1 aromatic rings. The van der Waals surface area contributed by atoms with Crippen LogP contribution >= 0.6 is 11.6 Å². The first-order valence-electron chi connectivity index (χ1n) is 8.64. The molecule has 8 heteroatoms. The van der Waals surface area contributed by atoms with Crippen molar-refractivity contribution in [3.8, 4) is 5.75 Å². The van der Waals surface area contributed by atoms with Gasteiger partial charge in [0.15, 0.2) is 5.75 Å². The van der Waals surface area contributed by atoms with Gasteiger partial charge in [0, 0.05) is 13.1 Å². The van der Waals surface area contributed by atoms with Gasteiger partial charge in [-0.2, -0.15) is 0 Å². The van der Waals surface area contributed by atoms with Crippen molar-refractivity contribution in [2.75, 3.05) is 18.8 Å². The number of hydrogen-bond donors (Lipinski definition) is 4. The second-order valence-electron chi connectivity index (χ2n) is 6.96. The molecule has 0 saturated carbocycles. The molecule has 0 saturated heterocycles. The van der Waals surface area contributed by atoms with Crippen LogP contribution in [0.5, 0.6) is 5.75 Å². The van der Waals surface area contributed by atoms with Gasteiger partial charge in [0.1, 0.15) is 11.2 Å². The number of rotatable bonds is 8. The number of benzene rings is 1. The predicted octanol–water partition coefficient (Wildman–Crippen LogP) is 3.44. The molecule has 0 aromatic heterocycles. The lowest BCUT2D eigenvalue weighted by atomic mass is 10.1. The van der Waals surface area contributed by atoms with Gasteiger partial charge in [-0.3, -0.25) is 4.79 Å². The molecule has 0 radical (unpaired) electrons. The molecular formula is C18H28ClN3O4. The van der Waals surface area contributed by atoms with Crippen LogP contribution in [-0.4, -0.2) is 35.8 Å². The van der Waals surface area contributed by atoms with Gasteiger partial charge in [0.05, 0.1) is 10.7 Å². The first kappa shape index (κ1) is 21.9. The lowest BCUT2D eigenvalue weighted by Crippen LogP contribution is -2.33. The molecular weight excluding hydrogens is 358 g/mol. The van der Waals surface area contributed by atoms with E-state index in [2.05, 4.69) is 10.6 Å². The summed E-state index contributed by atoms with van der Waals surface area (Å²) < 4.78 is 5.14. The van der Waals surface area contributed by atoms with Crippen LogP contribution < -0.4 is 16.4 Å². The summed E-state index contributed by atoms with van der Waals surface area (Å²) in [6.45, 7) is 6.46. The largest absolute Gasteiger partial charge is 0.505 e. The van der Waals surface area contributed by atoms with Crippen molar-refractivity contribution in [2.24, 2.45) is 0 Å². The number of hydrogen-bond acceptors (Lipinski definition) is 5. The SMILES string of the molecule is CC(C)(C)OC(=O)NCCCCCCNC(=O)c1c(Cl)ccc(N)c1O. The maximum Gasteiger partial charge on any atom is 0.407 e. The smallest absolute Gasteiger partial charge is 0.407 e. The Morgan fingerprint density at radius 3 is 2.27 bits per heavy atom. The van der Waals surface area contributed by atoms with Crippen LogP contribution in [0.15, 0.2) is 12.1 Å². The number of phenolic OH excluding ortho intramolecular Hbond substituents is 1. The van der Waals surface area contributed by atoms with Crippen LogP contribution in [0.4, 0.5) is 10.5 Å². The number of carbonyl (C=O) groups is 2. The van der Waals surface area contributed by atoms with Crippen LogP contribution in [0, 0.1) is 0 Å². The van der Waals surface area contributed by atoms with E-state index in [0.717, 1.165) is 25.7 Å². The molecule has 0 spiro atoms. The van der Waals surface area contributed by atoms with E-state index in [9.17, 15) is 14.7 Å². The van der Waals surface area contributed by atoms with E-state index in [4.69, 9.17) is 22.1 Å². The van der Waals surface area contributed by atoms with E-state index in [1.807, 2.05) is 20.8 Å². The molecule has 0 aliphatic heterocycles. The maximum absolute atomic E-state index is 12.1. The number of unbranched alkanes of at least 4 members (excludes halogenated alkanes) is 3. The number of amides is 2. The molecule has 0 fully saturated rings. The van der Waals surface area contributed by atoms with Crippen molar-refractivity contribution in [3.63, 3.8) is 0 Å². The number of carbonyl (C=O) groups excluding carboxylic acids is 2. The molecule has 0 heterocycles. The molecule has 2 amide bonds.